The highest BCUT2D eigenvalue weighted by Crippen LogP contribution is 2.37. The summed E-state index contributed by atoms with van der Waals surface area (Å²) < 4.78 is 4.91. The molecule has 8 heteroatoms. The van der Waals surface area contributed by atoms with Gasteiger partial charge in [0.05, 0.1) is 18.6 Å². The van der Waals surface area contributed by atoms with Gasteiger partial charge in [-0.05, 0) is 33.3 Å². The summed E-state index contributed by atoms with van der Waals surface area (Å²) in [4.78, 5) is 27.3. The molecule has 1 aliphatic heterocycles. The van der Waals surface area contributed by atoms with E-state index in [1.807, 2.05) is 20.8 Å². The Hall–Kier alpha value is -1.77. The van der Waals surface area contributed by atoms with Crippen molar-refractivity contribution >= 4 is 33.3 Å². The van der Waals surface area contributed by atoms with E-state index in [1.54, 1.807) is 0 Å². The average molecular weight is 378 g/mol. The molecule has 0 spiro atoms. The van der Waals surface area contributed by atoms with Crippen LogP contribution < -0.4 is 4.90 Å². The number of esters is 1. The van der Waals surface area contributed by atoms with Crippen molar-refractivity contribution in [3.8, 4) is 0 Å². The summed E-state index contributed by atoms with van der Waals surface area (Å²) in [5, 5.41) is 10.6. The van der Waals surface area contributed by atoms with Crippen molar-refractivity contribution in [2.45, 2.75) is 39.8 Å². The molecule has 1 N–H and O–H groups in total. The number of hydrogen-bond acceptors (Lipinski definition) is 8. The summed E-state index contributed by atoms with van der Waals surface area (Å²) in [5.41, 5.74) is 0.880. The maximum atomic E-state index is 12.1. The molecule has 2 atom stereocenters. The first-order valence-electron chi connectivity index (χ1n) is 8.85. The third-order valence-corrected chi connectivity index (χ3v) is 5.93. The Kier molecular flexibility index (Phi) is 5.45. The SMILES string of the molecule is COC(=O)c1sc2nc(C)nc(N3CCN(CC(C)O)CC3C)c2c1C. The van der Waals surface area contributed by atoms with Crippen molar-refractivity contribution in [1.82, 2.24) is 14.9 Å². The number of methoxy groups -OCH3 is 1. The molecule has 142 valence electrons. The number of fused-ring (bicyclic) bond motifs is 1. The number of nitrogens with zero attached hydrogens (tertiary/aromatic N) is 4. The second-order valence-corrected chi connectivity index (χ2v) is 7.97. The highest BCUT2D eigenvalue weighted by molar-refractivity contribution is 7.20. The van der Waals surface area contributed by atoms with Crippen molar-refractivity contribution in [2.75, 3.05) is 38.2 Å². The van der Waals surface area contributed by atoms with Crippen LogP contribution in [-0.2, 0) is 4.74 Å². The first-order valence-corrected chi connectivity index (χ1v) is 9.66. The Morgan fingerprint density at radius 1 is 1.38 bits per heavy atom. The minimum atomic E-state index is -0.330. The molecule has 1 fully saturated rings. The summed E-state index contributed by atoms with van der Waals surface area (Å²) >= 11 is 1.36. The van der Waals surface area contributed by atoms with E-state index in [1.165, 1.54) is 18.4 Å². The number of hydrogen-bond donors (Lipinski definition) is 1. The van der Waals surface area contributed by atoms with Gasteiger partial charge in [0.1, 0.15) is 21.3 Å². The molecule has 0 aromatic carbocycles. The van der Waals surface area contributed by atoms with Crippen LogP contribution in [0.5, 0.6) is 0 Å². The largest absolute Gasteiger partial charge is 0.465 e. The highest BCUT2D eigenvalue weighted by Gasteiger charge is 2.29. The molecule has 0 saturated carbocycles. The minimum Gasteiger partial charge on any atom is -0.465 e. The van der Waals surface area contributed by atoms with Crippen LogP contribution in [0.2, 0.25) is 0 Å². The first kappa shape index (κ1) is 19.0. The lowest BCUT2D eigenvalue weighted by atomic mass is 10.1. The maximum absolute atomic E-state index is 12.1. The van der Waals surface area contributed by atoms with Gasteiger partial charge < -0.3 is 14.7 Å². The van der Waals surface area contributed by atoms with Crippen LogP contribution in [-0.4, -0.2) is 71.4 Å². The molecule has 0 aliphatic carbocycles. The van der Waals surface area contributed by atoms with Gasteiger partial charge in [0, 0.05) is 32.2 Å². The molecular formula is C18H26N4O3S. The van der Waals surface area contributed by atoms with E-state index in [2.05, 4.69) is 21.7 Å². The van der Waals surface area contributed by atoms with E-state index in [-0.39, 0.29) is 18.1 Å². The van der Waals surface area contributed by atoms with E-state index in [0.717, 1.165) is 41.2 Å². The minimum absolute atomic E-state index is 0.251. The molecule has 3 heterocycles. The molecule has 1 saturated heterocycles. The fourth-order valence-electron chi connectivity index (χ4n) is 3.60. The standard InChI is InChI=1S/C18H26N4O3S/c1-10-8-21(9-11(2)23)6-7-22(10)16-14-12(3)15(18(24)25-5)26-17(14)20-13(4)19-16/h10-11,23H,6-9H2,1-5H3. The van der Waals surface area contributed by atoms with Gasteiger partial charge in [-0.25, -0.2) is 14.8 Å². The van der Waals surface area contributed by atoms with Crippen molar-refractivity contribution in [2.24, 2.45) is 0 Å². The number of rotatable bonds is 4. The number of aryl methyl sites for hydroxylation is 2. The number of aromatic nitrogens is 2. The fraction of sp³-hybridized carbons (Fsp3) is 0.611. The summed E-state index contributed by atoms with van der Waals surface area (Å²) in [5.74, 6) is 1.26. The van der Waals surface area contributed by atoms with Gasteiger partial charge in [-0.3, -0.25) is 4.90 Å². The normalized spacial score (nSPS) is 19.8. The molecule has 2 unspecified atom stereocenters. The van der Waals surface area contributed by atoms with E-state index >= 15 is 0 Å². The fourth-order valence-corrected chi connectivity index (χ4v) is 4.74. The van der Waals surface area contributed by atoms with E-state index in [0.29, 0.717) is 17.2 Å². The molecule has 7 nitrogen and oxygen atoms in total. The molecule has 0 radical (unpaired) electrons. The van der Waals surface area contributed by atoms with Crippen LogP contribution in [0.3, 0.4) is 0 Å². The lowest BCUT2D eigenvalue weighted by Gasteiger charge is -2.41. The topological polar surface area (TPSA) is 78.8 Å². The number of ether oxygens (including phenoxy) is 1. The molecule has 3 rings (SSSR count). The molecular weight excluding hydrogens is 352 g/mol. The molecule has 0 bridgehead atoms. The maximum Gasteiger partial charge on any atom is 0.348 e. The van der Waals surface area contributed by atoms with Crippen LogP contribution in [0, 0.1) is 13.8 Å². The average Bonchev–Trinajstić information content (AvgIpc) is 2.89. The van der Waals surface area contributed by atoms with Crippen LogP contribution in [0.4, 0.5) is 5.82 Å². The smallest absolute Gasteiger partial charge is 0.348 e. The third-order valence-electron chi connectivity index (χ3n) is 4.76. The second-order valence-electron chi connectivity index (χ2n) is 6.97. The molecule has 0 amide bonds. The van der Waals surface area contributed by atoms with Crippen molar-refractivity contribution in [3.63, 3.8) is 0 Å². The number of anilines is 1. The number of thiophene rings is 1. The van der Waals surface area contributed by atoms with Gasteiger partial charge in [0.15, 0.2) is 0 Å². The molecule has 2 aromatic heterocycles. The number of piperazine rings is 1. The number of carbonyl (C=O) groups is 1. The van der Waals surface area contributed by atoms with Crippen LogP contribution in [0.1, 0.15) is 34.9 Å². The van der Waals surface area contributed by atoms with Crippen molar-refractivity contribution in [1.29, 1.82) is 0 Å². The third kappa shape index (κ3) is 3.54. The summed E-state index contributed by atoms with van der Waals surface area (Å²) in [6.45, 7) is 11.0. The lowest BCUT2D eigenvalue weighted by Crippen LogP contribution is -2.53. The number of aliphatic hydroxyl groups excluding tert-OH is 1. The molecule has 1 aliphatic rings. The predicted molar refractivity (Wildman–Crippen MR) is 103 cm³/mol. The molecule has 26 heavy (non-hydrogen) atoms. The second kappa shape index (κ2) is 7.46. The summed E-state index contributed by atoms with van der Waals surface area (Å²) in [6, 6.07) is 0.251. The number of aliphatic hydroxyl groups is 1. The zero-order chi connectivity index (χ0) is 19.0. The Bertz CT molecular complexity index is 820. The molecule has 2 aromatic rings. The zero-order valence-electron chi connectivity index (χ0n) is 15.9. The van der Waals surface area contributed by atoms with Gasteiger partial charge in [-0.1, -0.05) is 0 Å². The highest BCUT2D eigenvalue weighted by atomic mass is 32.1. The lowest BCUT2D eigenvalue weighted by molar-refractivity contribution is 0.0605. The van der Waals surface area contributed by atoms with Gasteiger partial charge >= 0.3 is 5.97 Å². The van der Waals surface area contributed by atoms with Gasteiger partial charge in [0.2, 0.25) is 0 Å². The Balaban J connectivity index is 2.00. The predicted octanol–water partition coefficient (Wildman–Crippen LogP) is 1.99. The van der Waals surface area contributed by atoms with E-state index < -0.39 is 0 Å². The first-order chi connectivity index (χ1) is 12.3. The van der Waals surface area contributed by atoms with Gasteiger partial charge in [-0.2, -0.15) is 0 Å². The zero-order valence-corrected chi connectivity index (χ0v) is 16.8. The van der Waals surface area contributed by atoms with Crippen LogP contribution in [0.15, 0.2) is 0 Å². The van der Waals surface area contributed by atoms with Crippen LogP contribution in [0.25, 0.3) is 10.2 Å². The number of carbonyl (C=O) groups excluding carboxylic acids is 1. The Morgan fingerprint density at radius 3 is 2.73 bits per heavy atom. The monoisotopic (exact) mass is 378 g/mol. The Morgan fingerprint density at radius 2 is 2.12 bits per heavy atom. The van der Waals surface area contributed by atoms with Crippen molar-refractivity contribution < 1.29 is 14.6 Å². The summed E-state index contributed by atoms with van der Waals surface area (Å²) in [7, 11) is 1.40. The van der Waals surface area contributed by atoms with Crippen molar-refractivity contribution in [3.05, 3.63) is 16.3 Å². The van der Waals surface area contributed by atoms with E-state index in [4.69, 9.17) is 9.72 Å². The Labute approximate surface area is 157 Å². The summed E-state index contributed by atoms with van der Waals surface area (Å²) in [6.07, 6.45) is -0.330. The quantitative estimate of drug-likeness (QED) is 0.815. The van der Waals surface area contributed by atoms with Gasteiger partial charge in [-0.15, -0.1) is 11.3 Å². The van der Waals surface area contributed by atoms with E-state index in [9.17, 15) is 9.90 Å². The number of β-amino-alcohol motifs (C(OH)–C–C–N with tert-alkyl or cyclic N) is 1. The van der Waals surface area contributed by atoms with Crippen LogP contribution >= 0.6 is 11.3 Å². The van der Waals surface area contributed by atoms with Gasteiger partial charge in [0.25, 0.3) is 0 Å².